The Morgan fingerprint density at radius 2 is 1.90 bits per heavy atom. The summed E-state index contributed by atoms with van der Waals surface area (Å²) in [5, 5.41) is 0. The molecule has 2 aliphatic rings. The van der Waals surface area contributed by atoms with Crippen LogP contribution in [0.4, 0.5) is 4.39 Å². The van der Waals surface area contributed by atoms with Crippen LogP contribution in [0.3, 0.4) is 0 Å². The highest BCUT2D eigenvalue weighted by molar-refractivity contribution is 5.03. The molecule has 2 fully saturated rings. The average molecular weight is 143 g/mol. The molecule has 58 valence electrons. The third kappa shape index (κ3) is 0.782. The Morgan fingerprint density at radius 1 is 1.30 bits per heavy atom. The van der Waals surface area contributed by atoms with E-state index in [0.29, 0.717) is 18.8 Å². The Balaban J connectivity index is 1.91. The van der Waals surface area contributed by atoms with Crippen molar-refractivity contribution in [3.8, 4) is 0 Å². The van der Waals surface area contributed by atoms with Gasteiger partial charge in [0.25, 0.3) is 0 Å². The Kier molecular flexibility index (Phi) is 1.28. The van der Waals surface area contributed by atoms with Crippen LogP contribution in [0.1, 0.15) is 32.1 Å². The molecular weight excluding hydrogens is 129 g/mol. The Hall–Kier alpha value is -0.110. The molecule has 0 saturated heterocycles. The van der Waals surface area contributed by atoms with Gasteiger partial charge in [0, 0.05) is 6.04 Å². The second-order valence-corrected chi connectivity index (χ2v) is 3.83. The van der Waals surface area contributed by atoms with Gasteiger partial charge in [-0.25, -0.2) is 4.39 Å². The number of alkyl halides is 1. The van der Waals surface area contributed by atoms with Gasteiger partial charge in [0.05, 0.1) is 0 Å². The number of rotatable bonds is 1. The monoisotopic (exact) mass is 143 g/mol. The molecule has 1 nitrogen and oxygen atoms in total. The summed E-state index contributed by atoms with van der Waals surface area (Å²) < 4.78 is 13.5. The lowest BCUT2D eigenvalue weighted by atomic mass is 9.63. The van der Waals surface area contributed by atoms with Crippen LogP contribution in [-0.2, 0) is 0 Å². The third-order valence-corrected chi connectivity index (χ3v) is 3.04. The summed E-state index contributed by atoms with van der Waals surface area (Å²) in [7, 11) is 0. The van der Waals surface area contributed by atoms with Crippen LogP contribution in [0.25, 0.3) is 0 Å². The summed E-state index contributed by atoms with van der Waals surface area (Å²) in [6.07, 6.45) is 4.67. The molecule has 0 spiro atoms. The van der Waals surface area contributed by atoms with Crippen molar-refractivity contribution < 1.29 is 4.39 Å². The number of nitrogens with two attached hydrogens (primary N) is 1. The summed E-state index contributed by atoms with van der Waals surface area (Å²) in [5.74, 6) is 0.368. The molecule has 2 saturated carbocycles. The normalized spacial score (nSPS) is 48.0. The van der Waals surface area contributed by atoms with E-state index >= 15 is 0 Å². The standard InChI is InChI=1S/C8H14FN/c9-8(4-7(10)5-8)6-2-1-3-6/h6-7H,1-5,10H2. The maximum Gasteiger partial charge on any atom is 0.116 e. The highest BCUT2D eigenvalue weighted by Crippen LogP contribution is 2.49. The minimum Gasteiger partial charge on any atom is -0.327 e. The predicted molar refractivity (Wildman–Crippen MR) is 38.4 cm³/mol. The maximum atomic E-state index is 13.5. The van der Waals surface area contributed by atoms with E-state index in [0.717, 1.165) is 12.8 Å². The van der Waals surface area contributed by atoms with Crippen LogP contribution in [-0.4, -0.2) is 11.7 Å². The fourth-order valence-corrected chi connectivity index (χ4v) is 2.07. The molecule has 0 aromatic rings. The lowest BCUT2D eigenvalue weighted by Gasteiger charge is -2.48. The van der Waals surface area contributed by atoms with Crippen molar-refractivity contribution >= 4 is 0 Å². The van der Waals surface area contributed by atoms with Crippen molar-refractivity contribution in [1.29, 1.82) is 0 Å². The third-order valence-electron chi connectivity index (χ3n) is 3.04. The zero-order chi connectivity index (χ0) is 7.19. The minimum absolute atomic E-state index is 0.158. The minimum atomic E-state index is -0.836. The van der Waals surface area contributed by atoms with Gasteiger partial charge in [0.15, 0.2) is 0 Å². The van der Waals surface area contributed by atoms with Gasteiger partial charge < -0.3 is 5.73 Å². The summed E-state index contributed by atoms with van der Waals surface area (Å²) in [5.41, 5.74) is 4.70. The lowest BCUT2D eigenvalue weighted by molar-refractivity contribution is -0.0477. The summed E-state index contributed by atoms with van der Waals surface area (Å²) in [4.78, 5) is 0. The zero-order valence-corrected chi connectivity index (χ0v) is 6.15. The largest absolute Gasteiger partial charge is 0.327 e. The zero-order valence-electron chi connectivity index (χ0n) is 6.15. The van der Waals surface area contributed by atoms with E-state index in [2.05, 4.69) is 0 Å². The molecule has 10 heavy (non-hydrogen) atoms. The van der Waals surface area contributed by atoms with Crippen molar-refractivity contribution in [3.05, 3.63) is 0 Å². The van der Waals surface area contributed by atoms with Crippen molar-refractivity contribution in [2.75, 3.05) is 0 Å². The fraction of sp³-hybridized carbons (Fsp3) is 1.00. The average Bonchev–Trinajstić information content (AvgIpc) is 1.54. The molecular formula is C8H14FN. The van der Waals surface area contributed by atoms with Crippen LogP contribution >= 0.6 is 0 Å². The SMILES string of the molecule is NC1CC(F)(C2CCC2)C1. The summed E-state index contributed by atoms with van der Waals surface area (Å²) >= 11 is 0. The van der Waals surface area contributed by atoms with Gasteiger partial charge in [-0.05, 0) is 31.6 Å². The van der Waals surface area contributed by atoms with Crippen LogP contribution in [0.15, 0.2) is 0 Å². The Labute approximate surface area is 60.8 Å². The van der Waals surface area contributed by atoms with Gasteiger partial charge in [-0.1, -0.05) is 6.42 Å². The number of hydrogen-bond acceptors (Lipinski definition) is 1. The van der Waals surface area contributed by atoms with Crippen molar-refractivity contribution in [2.24, 2.45) is 11.7 Å². The van der Waals surface area contributed by atoms with Crippen molar-refractivity contribution in [2.45, 2.75) is 43.8 Å². The Bertz CT molecular complexity index is 136. The first-order valence-corrected chi connectivity index (χ1v) is 4.15. The van der Waals surface area contributed by atoms with E-state index in [1.807, 2.05) is 0 Å². The smallest absolute Gasteiger partial charge is 0.116 e. The van der Waals surface area contributed by atoms with Crippen molar-refractivity contribution in [3.63, 3.8) is 0 Å². The van der Waals surface area contributed by atoms with Crippen LogP contribution in [0.5, 0.6) is 0 Å². The van der Waals surface area contributed by atoms with Gasteiger partial charge in [0.2, 0.25) is 0 Å². The van der Waals surface area contributed by atoms with E-state index in [4.69, 9.17) is 5.73 Å². The van der Waals surface area contributed by atoms with E-state index in [-0.39, 0.29) is 6.04 Å². The molecule has 0 aromatic heterocycles. The highest BCUT2D eigenvalue weighted by Gasteiger charge is 2.50. The highest BCUT2D eigenvalue weighted by atomic mass is 19.1. The molecule has 0 radical (unpaired) electrons. The van der Waals surface area contributed by atoms with Gasteiger partial charge in [-0.2, -0.15) is 0 Å². The second-order valence-electron chi connectivity index (χ2n) is 3.83. The van der Waals surface area contributed by atoms with Crippen LogP contribution in [0.2, 0.25) is 0 Å². The second kappa shape index (κ2) is 1.94. The summed E-state index contributed by atoms with van der Waals surface area (Å²) in [6, 6.07) is 0.158. The van der Waals surface area contributed by atoms with Crippen LogP contribution < -0.4 is 5.73 Å². The molecule has 0 aromatic carbocycles. The molecule has 0 heterocycles. The Morgan fingerprint density at radius 3 is 2.20 bits per heavy atom. The number of hydrogen-bond donors (Lipinski definition) is 1. The quantitative estimate of drug-likeness (QED) is 0.593. The summed E-state index contributed by atoms with van der Waals surface area (Å²) in [6.45, 7) is 0. The molecule has 0 bridgehead atoms. The molecule has 0 amide bonds. The van der Waals surface area contributed by atoms with Gasteiger partial charge in [-0.15, -0.1) is 0 Å². The topological polar surface area (TPSA) is 26.0 Å². The van der Waals surface area contributed by atoms with Gasteiger partial charge >= 0.3 is 0 Å². The first kappa shape index (κ1) is 6.59. The molecule has 2 aliphatic carbocycles. The first-order chi connectivity index (χ1) is 4.71. The molecule has 2 rings (SSSR count). The van der Waals surface area contributed by atoms with E-state index in [1.54, 1.807) is 0 Å². The number of halogens is 1. The van der Waals surface area contributed by atoms with Crippen LogP contribution in [0, 0.1) is 5.92 Å². The molecule has 2 N–H and O–H groups in total. The van der Waals surface area contributed by atoms with E-state index < -0.39 is 5.67 Å². The molecule has 0 aliphatic heterocycles. The fourth-order valence-electron chi connectivity index (χ4n) is 2.07. The molecule has 2 heteroatoms. The maximum absolute atomic E-state index is 13.5. The van der Waals surface area contributed by atoms with Gasteiger partial charge in [0.1, 0.15) is 5.67 Å². The van der Waals surface area contributed by atoms with Crippen molar-refractivity contribution in [1.82, 2.24) is 0 Å². The van der Waals surface area contributed by atoms with E-state index in [9.17, 15) is 4.39 Å². The predicted octanol–water partition coefficient (Wildman–Crippen LogP) is 1.62. The molecule has 0 unspecified atom stereocenters. The van der Waals surface area contributed by atoms with Gasteiger partial charge in [-0.3, -0.25) is 0 Å². The lowest BCUT2D eigenvalue weighted by Crippen LogP contribution is -2.54. The van der Waals surface area contributed by atoms with E-state index in [1.165, 1.54) is 6.42 Å². The first-order valence-electron chi connectivity index (χ1n) is 4.15. The molecule has 0 atom stereocenters.